The Morgan fingerprint density at radius 2 is 1.93 bits per heavy atom. The fourth-order valence-corrected chi connectivity index (χ4v) is 1.42. The molecule has 0 bridgehead atoms. The van der Waals surface area contributed by atoms with Crippen molar-refractivity contribution in [2.45, 2.75) is 6.18 Å². The molecular weight excluding hydrogens is 284 g/mol. The van der Waals surface area contributed by atoms with Crippen molar-refractivity contribution in [3.8, 4) is 0 Å². The molecule has 0 fully saturated rings. The summed E-state index contributed by atoms with van der Waals surface area (Å²) in [6.07, 6.45) is -4.88. The van der Waals surface area contributed by atoms with Gasteiger partial charge >= 0.3 is 6.18 Å². The number of halogens is 5. The lowest BCUT2D eigenvalue weighted by atomic mass is 10.1. The Morgan fingerprint density at radius 3 is 2.43 bits per heavy atom. The summed E-state index contributed by atoms with van der Waals surface area (Å²) in [6.45, 7) is 0. The van der Waals surface area contributed by atoms with Crippen LogP contribution in [0.25, 0.3) is 0 Å². The molecule has 0 aliphatic heterocycles. The van der Waals surface area contributed by atoms with E-state index in [9.17, 15) is 18.0 Å². The topological polar surface area (TPSA) is 17.1 Å². The average molecular weight is 287 g/mol. The van der Waals surface area contributed by atoms with Crippen LogP contribution >= 0.6 is 27.5 Å². The van der Waals surface area contributed by atoms with E-state index in [0.29, 0.717) is 0 Å². The Morgan fingerprint density at radius 1 is 1.36 bits per heavy atom. The second-order valence-corrected chi connectivity index (χ2v) is 3.74. The van der Waals surface area contributed by atoms with Gasteiger partial charge in [0.15, 0.2) is 0 Å². The van der Waals surface area contributed by atoms with E-state index in [1.165, 1.54) is 12.1 Å². The van der Waals surface area contributed by atoms with Gasteiger partial charge in [0.1, 0.15) is 0 Å². The molecule has 0 unspecified atom stereocenters. The molecule has 76 valence electrons. The lowest BCUT2D eigenvalue weighted by Gasteiger charge is -2.06. The Bertz CT molecular complexity index is 375. The Balaban J connectivity index is 3.19. The zero-order chi connectivity index (χ0) is 10.9. The molecule has 0 saturated heterocycles. The smallest absolute Gasteiger partial charge is 0.284 e. The third-order valence-electron chi connectivity index (χ3n) is 1.43. The van der Waals surface area contributed by atoms with E-state index < -0.39 is 17.5 Å². The van der Waals surface area contributed by atoms with Crippen molar-refractivity contribution in [1.82, 2.24) is 0 Å². The van der Waals surface area contributed by atoms with Crippen LogP contribution in [0, 0.1) is 0 Å². The highest BCUT2D eigenvalue weighted by molar-refractivity contribution is 9.10. The SMILES string of the molecule is O=C(c1cc(Cl)ccc1Br)C(F)(F)F. The van der Waals surface area contributed by atoms with Gasteiger partial charge in [0.25, 0.3) is 5.78 Å². The standard InChI is InChI=1S/C8H3BrClF3O/c9-6-2-1-4(10)3-5(6)7(14)8(11,12)13/h1-3H. The Labute approximate surface area is 91.0 Å². The summed E-state index contributed by atoms with van der Waals surface area (Å²) in [7, 11) is 0. The van der Waals surface area contributed by atoms with Gasteiger partial charge in [-0.3, -0.25) is 4.79 Å². The van der Waals surface area contributed by atoms with Gasteiger partial charge in [-0.1, -0.05) is 27.5 Å². The van der Waals surface area contributed by atoms with Crippen molar-refractivity contribution in [3.63, 3.8) is 0 Å². The van der Waals surface area contributed by atoms with Gasteiger partial charge in [-0.2, -0.15) is 13.2 Å². The van der Waals surface area contributed by atoms with Crippen LogP contribution in [0.15, 0.2) is 22.7 Å². The minimum atomic E-state index is -4.88. The van der Waals surface area contributed by atoms with E-state index in [0.717, 1.165) is 6.07 Å². The van der Waals surface area contributed by atoms with Gasteiger partial charge in [-0.15, -0.1) is 0 Å². The first kappa shape index (κ1) is 11.5. The number of ketones is 1. The summed E-state index contributed by atoms with van der Waals surface area (Å²) >= 11 is 8.31. The van der Waals surface area contributed by atoms with Gasteiger partial charge < -0.3 is 0 Å². The van der Waals surface area contributed by atoms with E-state index in [1.807, 2.05) is 0 Å². The second-order valence-electron chi connectivity index (χ2n) is 2.45. The van der Waals surface area contributed by atoms with E-state index in [-0.39, 0.29) is 9.50 Å². The first-order valence-corrected chi connectivity index (χ1v) is 4.56. The van der Waals surface area contributed by atoms with Crippen molar-refractivity contribution in [1.29, 1.82) is 0 Å². The Hall–Kier alpha value is -0.550. The van der Waals surface area contributed by atoms with Gasteiger partial charge in [0.2, 0.25) is 0 Å². The summed E-state index contributed by atoms with van der Waals surface area (Å²) in [5.41, 5.74) is -0.481. The molecule has 1 aromatic carbocycles. The molecule has 0 saturated carbocycles. The third kappa shape index (κ3) is 2.48. The largest absolute Gasteiger partial charge is 0.454 e. The normalized spacial score (nSPS) is 11.5. The average Bonchev–Trinajstić information content (AvgIpc) is 2.06. The fourth-order valence-electron chi connectivity index (χ4n) is 0.824. The number of rotatable bonds is 1. The molecule has 0 aliphatic carbocycles. The van der Waals surface area contributed by atoms with Crippen molar-refractivity contribution < 1.29 is 18.0 Å². The number of carbonyl (C=O) groups is 1. The molecule has 0 N–H and O–H groups in total. The zero-order valence-corrected chi connectivity index (χ0v) is 8.87. The van der Waals surface area contributed by atoms with E-state index in [1.54, 1.807) is 0 Å². The predicted molar refractivity (Wildman–Crippen MR) is 49.5 cm³/mol. The molecule has 0 atom stereocenters. The minimum Gasteiger partial charge on any atom is -0.284 e. The number of hydrogen-bond acceptors (Lipinski definition) is 1. The van der Waals surface area contributed by atoms with Gasteiger partial charge in [0.05, 0.1) is 0 Å². The van der Waals surface area contributed by atoms with Crippen molar-refractivity contribution in [3.05, 3.63) is 33.3 Å². The molecule has 0 amide bonds. The van der Waals surface area contributed by atoms with Crippen LogP contribution in [0.1, 0.15) is 10.4 Å². The zero-order valence-electron chi connectivity index (χ0n) is 6.53. The maximum atomic E-state index is 12.0. The molecule has 1 nitrogen and oxygen atoms in total. The monoisotopic (exact) mass is 286 g/mol. The summed E-state index contributed by atoms with van der Waals surface area (Å²) in [4.78, 5) is 10.8. The number of Topliss-reactive ketones (excluding diaryl/α,β-unsaturated/α-hetero) is 1. The lowest BCUT2D eigenvalue weighted by Crippen LogP contribution is -2.23. The molecule has 0 heterocycles. The van der Waals surface area contributed by atoms with Crippen molar-refractivity contribution in [2.75, 3.05) is 0 Å². The molecule has 14 heavy (non-hydrogen) atoms. The first-order valence-electron chi connectivity index (χ1n) is 3.39. The summed E-state index contributed by atoms with van der Waals surface area (Å²) < 4.78 is 36.2. The van der Waals surface area contributed by atoms with Crippen LogP contribution in [-0.2, 0) is 0 Å². The molecular formula is C8H3BrClF3O. The van der Waals surface area contributed by atoms with E-state index in [4.69, 9.17) is 11.6 Å². The van der Waals surface area contributed by atoms with Crippen molar-refractivity contribution >= 4 is 33.3 Å². The molecule has 0 spiro atoms. The predicted octanol–water partition coefficient (Wildman–Crippen LogP) is 3.85. The summed E-state index contributed by atoms with van der Waals surface area (Å²) in [5, 5.41) is 0.0841. The first-order chi connectivity index (χ1) is 6.32. The number of hydrogen-bond donors (Lipinski definition) is 0. The van der Waals surface area contributed by atoms with Gasteiger partial charge in [0, 0.05) is 15.1 Å². The van der Waals surface area contributed by atoms with Crippen molar-refractivity contribution in [2.24, 2.45) is 0 Å². The number of benzene rings is 1. The molecule has 1 aromatic rings. The lowest BCUT2D eigenvalue weighted by molar-refractivity contribution is -0.0885. The maximum absolute atomic E-state index is 12.0. The molecule has 0 aromatic heterocycles. The maximum Gasteiger partial charge on any atom is 0.454 e. The highest BCUT2D eigenvalue weighted by Crippen LogP contribution is 2.28. The quantitative estimate of drug-likeness (QED) is 0.717. The van der Waals surface area contributed by atoms with Gasteiger partial charge in [-0.25, -0.2) is 0 Å². The molecule has 0 aliphatic rings. The Kier molecular flexibility index (Phi) is 3.21. The third-order valence-corrected chi connectivity index (χ3v) is 2.36. The van der Waals surface area contributed by atoms with Crippen LogP contribution in [0.5, 0.6) is 0 Å². The summed E-state index contributed by atoms with van der Waals surface area (Å²) in [6, 6.07) is 3.65. The summed E-state index contributed by atoms with van der Waals surface area (Å²) in [5.74, 6) is -1.91. The minimum absolute atomic E-state index is 0.0734. The van der Waals surface area contributed by atoms with Crippen LogP contribution in [0.3, 0.4) is 0 Å². The van der Waals surface area contributed by atoms with Crippen LogP contribution in [0.2, 0.25) is 5.02 Å². The van der Waals surface area contributed by atoms with Gasteiger partial charge in [-0.05, 0) is 18.2 Å². The van der Waals surface area contributed by atoms with Crippen LogP contribution in [0.4, 0.5) is 13.2 Å². The molecule has 1 rings (SSSR count). The molecule has 6 heteroatoms. The number of alkyl halides is 3. The number of carbonyl (C=O) groups excluding carboxylic acids is 1. The van der Waals surface area contributed by atoms with E-state index >= 15 is 0 Å². The second kappa shape index (κ2) is 3.90. The fraction of sp³-hybridized carbons (Fsp3) is 0.125. The van der Waals surface area contributed by atoms with Crippen LogP contribution in [-0.4, -0.2) is 12.0 Å². The molecule has 0 radical (unpaired) electrons. The van der Waals surface area contributed by atoms with E-state index in [2.05, 4.69) is 15.9 Å². The highest BCUT2D eigenvalue weighted by Gasteiger charge is 2.40. The van der Waals surface area contributed by atoms with Crippen LogP contribution < -0.4 is 0 Å². The highest BCUT2D eigenvalue weighted by atomic mass is 79.9.